The van der Waals surface area contributed by atoms with Crippen LogP contribution in [-0.2, 0) is 13.1 Å². The van der Waals surface area contributed by atoms with Gasteiger partial charge in [-0.25, -0.2) is 19.9 Å². The van der Waals surface area contributed by atoms with E-state index in [1.54, 1.807) is 12.7 Å². The molecule has 0 N–H and O–H groups in total. The summed E-state index contributed by atoms with van der Waals surface area (Å²) in [6.07, 6.45) is 3.32. The van der Waals surface area contributed by atoms with Gasteiger partial charge >= 0.3 is 0 Å². The van der Waals surface area contributed by atoms with E-state index >= 15 is 0 Å². The zero-order valence-corrected chi connectivity index (χ0v) is 15.0. The van der Waals surface area contributed by atoms with Crippen molar-refractivity contribution in [2.75, 3.05) is 13.1 Å². The number of hydrogen-bond acceptors (Lipinski definition) is 6. The summed E-state index contributed by atoms with van der Waals surface area (Å²) < 4.78 is 0. The topological polar surface area (TPSA) is 58.0 Å². The summed E-state index contributed by atoms with van der Waals surface area (Å²) in [4.78, 5) is 22.2. The van der Waals surface area contributed by atoms with Crippen LogP contribution in [0, 0.1) is 13.8 Å². The predicted octanol–water partition coefficient (Wildman–Crippen LogP) is 1.98. The molecule has 2 aromatic rings. The highest BCUT2D eigenvalue weighted by Crippen LogP contribution is 2.19. The first-order chi connectivity index (χ1) is 11.5. The summed E-state index contributed by atoms with van der Waals surface area (Å²) in [6, 6.07) is 5.11. The van der Waals surface area contributed by atoms with Crippen LogP contribution in [0.5, 0.6) is 0 Å². The molecule has 0 unspecified atom stereocenters. The number of aryl methyl sites for hydroxylation is 2. The predicted molar refractivity (Wildman–Crippen MR) is 93.3 cm³/mol. The Kier molecular flexibility index (Phi) is 5.16. The molecule has 0 amide bonds. The van der Waals surface area contributed by atoms with Crippen LogP contribution in [0.25, 0.3) is 0 Å². The molecule has 2 aromatic heterocycles. The van der Waals surface area contributed by atoms with Crippen molar-refractivity contribution in [3.63, 3.8) is 0 Å². The number of nitrogens with zero attached hydrogens (tertiary/aromatic N) is 6. The molecule has 1 aliphatic rings. The van der Waals surface area contributed by atoms with Gasteiger partial charge in [-0.05, 0) is 39.8 Å². The van der Waals surface area contributed by atoms with Crippen LogP contribution in [0.3, 0.4) is 0 Å². The molecule has 3 heterocycles. The van der Waals surface area contributed by atoms with Crippen LogP contribution in [0.15, 0.2) is 24.8 Å². The Morgan fingerprint density at radius 1 is 0.833 bits per heavy atom. The molecule has 128 valence electrons. The zero-order chi connectivity index (χ0) is 17.1. The Morgan fingerprint density at radius 3 is 1.83 bits per heavy atom. The number of rotatable bonds is 4. The van der Waals surface area contributed by atoms with Crippen molar-refractivity contribution in [1.29, 1.82) is 0 Å². The van der Waals surface area contributed by atoms with Gasteiger partial charge in [0.15, 0.2) is 0 Å². The second-order valence-electron chi connectivity index (χ2n) is 6.87. The summed E-state index contributed by atoms with van der Waals surface area (Å²) in [5.74, 6) is 0. The summed E-state index contributed by atoms with van der Waals surface area (Å²) in [7, 11) is 0. The van der Waals surface area contributed by atoms with Gasteiger partial charge in [-0.15, -0.1) is 0 Å². The minimum atomic E-state index is 0.479. The molecular formula is C18H26N6. The highest BCUT2D eigenvalue weighted by Gasteiger charge is 2.29. The van der Waals surface area contributed by atoms with Gasteiger partial charge in [-0.1, -0.05) is 0 Å². The molecule has 0 spiro atoms. The maximum absolute atomic E-state index is 4.42. The van der Waals surface area contributed by atoms with Gasteiger partial charge in [0.2, 0.25) is 0 Å². The molecule has 0 saturated carbocycles. The Bertz CT molecular complexity index is 677. The highest BCUT2D eigenvalue weighted by atomic mass is 15.3. The van der Waals surface area contributed by atoms with Gasteiger partial charge < -0.3 is 0 Å². The van der Waals surface area contributed by atoms with Gasteiger partial charge in [0.1, 0.15) is 12.7 Å². The fraction of sp³-hybridized carbons (Fsp3) is 0.556. The lowest BCUT2D eigenvalue weighted by atomic mass is 10.1. The molecule has 0 radical (unpaired) electrons. The van der Waals surface area contributed by atoms with Gasteiger partial charge in [0, 0.05) is 49.7 Å². The maximum atomic E-state index is 4.42. The first kappa shape index (κ1) is 16.9. The van der Waals surface area contributed by atoms with E-state index in [1.165, 1.54) is 0 Å². The Balaban J connectivity index is 1.63. The average molecular weight is 326 g/mol. The van der Waals surface area contributed by atoms with Gasteiger partial charge in [0.25, 0.3) is 0 Å². The summed E-state index contributed by atoms with van der Waals surface area (Å²) in [6.45, 7) is 12.5. The monoisotopic (exact) mass is 326 g/mol. The third-order valence-corrected chi connectivity index (χ3v) is 4.63. The third kappa shape index (κ3) is 4.13. The van der Waals surface area contributed by atoms with E-state index in [0.29, 0.717) is 12.1 Å². The first-order valence-corrected chi connectivity index (χ1v) is 8.54. The van der Waals surface area contributed by atoms with Gasteiger partial charge in [-0.3, -0.25) is 9.80 Å². The summed E-state index contributed by atoms with van der Waals surface area (Å²) >= 11 is 0. The third-order valence-electron chi connectivity index (χ3n) is 4.63. The van der Waals surface area contributed by atoms with E-state index in [4.69, 9.17) is 0 Å². The van der Waals surface area contributed by atoms with E-state index in [0.717, 1.165) is 49.0 Å². The van der Waals surface area contributed by atoms with Crippen LogP contribution in [-0.4, -0.2) is 54.9 Å². The van der Waals surface area contributed by atoms with Crippen LogP contribution in [0.1, 0.15) is 36.6 Å². The Morgan fingerprint density at radius 2 is 1.33 bits per heavy atom. The Labute approximate surface area is 144 Å². The lowest BCUT2D eigenvalue weighted by Gasteiger charge is -2.44. The molecule has 6 nitrogen and oxygen atoms in total. The fourth-order valence-electron chi connectivity index (χ4n) is 3.52. The molecule has 3 rings (SSSR count). The van der Waals surface area contributed by atoms with E-state index in [-0.39, 0.29) is 0 Å². The van der Waals surface area contributed by atoms with E-state index in [2.05, 4.69) is 55.7 Å². The normalized spacial score (nSPS) is 22.7. The minimum Gasteiger partial charge on any atom is -0.294 e. The van der Waals surface area contributed by atoms with Crippen molar-refractivity contribution < 1.29 is 0 Å². The van der Waals surface area contributed by atoms with Crippen molar-refractivity contribution in [1.82, 2.24) is 29.7 Å². The lowest BCUT2D eigenvalue weighted by molar-refractivity contribution is 0.0275. The second kappa shape index (κ2) is 7.32. The van der Waals surface area contributed by atoms with Crippen LogP contribution in [0.2, 0.25) is 0 Å². The van der Waals surface area contributed by atoms with Crippen LogP contribution >= 0.6 is 0 Å². The molecule has 0 bridgehead atoms. The first-order valence-electron chi connectivity index (χ1n) is 8.54. The zero-order valence-electron chi connectivity index (χ0n) is 15.0. The molecule has 0 aliphatic carbocycles. The van der Waals surface area contributed by atoms with Crippen molar-refractivity contribution in [2.24, 2.45) is 0 Å². The van der Waals surface area contributed by atoms with Crippen LogP contribution < -0.4 is 0 Å². The maximum Gasteiger partial charge on any atom is 0.115 e. The smallest absolute Gasteiger partial charge is 0.115 e. The molecule has 1 saturated heterocycles. The largest absolute Gasteiger partial charge is 0.294 e. The SMILES string of the molecule is Cc1cc(CN2C[C@@H](C)N(Cc3cc(C)ncn3)[C@@H](C)C2)ncn1. The quantitative estimate of drug-likeness (QED) is 0.856. The molecular weight excluding hydrogens is 300 g/mol. The number of aromatic nitrogens is 4. The number of hydrogen-bond donors (Lipinski definition) is 0. The van der Waals surface area contributed by atoms with E-state index in [9.17, 15) is 0 Å². The van der Waals surface area contributed by atoms with Crippen molar-refractivity contribution in [2.45, 2.75) is 52.9 Å². The highest BCUT2D eigenvalue weighted by molar-refractivity contribution is 5.08. The summed E-state index contributed by atoms with van der Waals surface area (Å²) in [5, 5.41) is 0. The van der Waals surface area contributed by atoms with E-state index in [1.807, 2.05) is 13.8 Å². The molecule has 24 heavy (non-hydrogen) atoms. The number of piperazine rings is 1. The van der Waals surface area contributed by atoms with Crippen molar-refractivity contribution in [3.8, 4) is 0 Å². The van der Waals surface area contributed by atoms with Crippen LogP contribution in [0.4, 0.5) is 0 Å². The lowest BCUT2D eigenvalue weighted by Crippen LogP contribution is -2.55. The average Bonchev–Trinajstić information content (AvgIpc) is 2.51. The standard InChI is InChI=1S/C18H26N6/c1-13-5-17(21-11-19-13)9-23-7-15(3)24(16(4)8-23)10-18-6-14(2)20-12-22-18/h5-6,11-12,15-16H,7-10H2,1-4H3/t15-,16+. The molecule has 1 fully saturated rings. The molecule has 0 aromatic carbocycles. The van der Waals surface area contributed by atoms with Gasteiger partial charge in [-0.2, -0.15) is 0 Å². The minimum absolute atomic E-state index is 0.479. The van der Waals surface area contributed by atoms with E-state index < -0.39 is 0 Å². The fourth-order valence-corrected chi connectivity index (χ4v) is 3.52. The summed E-state index contributed by atoms with van der Waals surface area (Å²) in [5.41, 5.74) is 4.25. The second-order valence-corrected chi connectivity index (χ2v) is 6.87. The molecule has 1 aliphatic heterocycles. The Hall–Kier alpha value is -1.92. The van der Waals surface area contributed by atoms with Crippen molar-refractivity contribution >= 4 is 0 Å². The molecule has 6 heteroatoms. The van der Waals surface area contributed by atoms with Gasteiger partial charge in [0.05, 0.1) is 11.4 Å². The molecule has 2 atom stereocenters. The van der Waals surface area contributed by atoms with Crippen molar-refractivity contribution in [3.05, 3.63) is 47.6 Å².